The summed E-state index contributed by atoms with van der Waals surface area (Å²) in [6.45, 7) is 2.39. The van der Waals surface area contributed by atoms with Gasteiger partial charge in [-0.05, 0) is 43.2 Å². The van der Waals surface area contributed by atoms with Crippen LogP contribution in [0.1, 0.15) is 16.8 Å². The molecule has 2 aromatic carbocycles. The third kappa shape index (κ3) is 6.04. The lowest BCUT2D eigenvalue weighted by Gasteiger charge is -2.06. The molecule has 2 N–H and O–H groups in total. The standard InChI is InChI=1S/C21H23N3O4S2/c1-15-3-9-19(10-4-15)30(26,27)24-21-23-17(14-29-21)13-20(25)22-12-11-16-5-7-18(28-2)8-6-16/h3-10,14H,11-13H2,1-2H3,(H,22,25)(H,23,24). The average molecular weight is 446 g/mol. The maximum atomic E-state index is 12.4. The summed E-state index contributed by atoms with van der Waals surface area (Å²) in [4.78, 5) is 16.5. The first-order valence-electron chi connectivity index (χ1n) is 9.29. The molecule has 30 heavy (non-hydrogen) atoms. The summed E-state index contributed by atoms with van der Waals surface area (Å²) in [5, 5.41) is 4.76. The molecule has 0 spiro atoms. The Morgan fingerprint density at radius 1 is 1.10 bits per heavy atom. The van der Waals surface area contributed by atoms with E-state index in [9.17, 15) is 13.2 Å². The first-order chi connectivity index (χ1) is 14.4. The number of thiazole rings is 1. The lowest BCUT2D eigenvalue weighted by molar-refractivity contribution is -0.120. The summed E-state index contributed by atoms with van der Waals surface area (Å²) in [6, 6.07) is 14.2. The van der Waals surface area contributed by atoms with Gasteiger partial charge in [-0.15, -0.1) is 11.3 Å². The van der Waals surface area contributed by atoms with Crippen LogP contribution in [0, 0.1) is 6.92 Å². The number of methoxy groups -OCH3 is 1. The van der Waals surface area contributed by atoms with Crippen molar-refractivity contribution in [1.82, 2.24) is 10.3 Å². The Kier molecular flexibility index (Phi) is 7.07. The van der Waals surface area contributed by atoms with Crippen molar-refractivity contribution in [3.63, 3.8) is 0 Å². The predicted molar refractivity (Wildman–Crippen MR) is 118 cm³/mol. The fraction of sp³-hybridized carbons (Fsp3) is 0.238. The minimum atomic E-state index is -3.71. The monoisotopic (exact) mass is 445 g/mol. The molecule has 0 fully saturated rings. The lowest BCUT2D eigenvalue weighted by Crippen LogP contribution is -2.27. The zero-order valence-electron chi connectivity index (χ0n) is 16.7. The normalized spacial score (nSPS) is 11.1. The van der Waals surface area contributed by atoms with Gasteiger partial charge in [0.15, 0.2) is 5.13 Å². The van der Waals surface area contributed by atoms with Gasteiger partial charge in [-0.2, -0.15) is 0 Å². The molecule has 0 saturated carbocycles. The van der Waals surface area contributed by atoms with Crippen LogP contribution in [0.15, 0.2) is 58.8 Å². The molecule has 0 aliphatic carbocycles. The molecular formula is C21H23N3O4S2. The van der Waals surface area contributed by atoms with Gasteiger partial charge in [-0.3, -0.25) is 9.52 Å². The average Bonchev–Trinajstić information content (AvgIpc) is 3.14. The van der Waals surface area contributed by atoms with Crippen LogP contribution in [0.5, 0.6) is 5.75 Å². The van der Waals surface area contributed by atoms with Crippen LogP contribution in [-0.4, -0.2) is 33.0 Å². The van der Waals surface area contributed by atoms with E-state index < -0.39 is 10.0 Å². The van der Waals surface area contributed by atoms with Gasteiger partial charge in [0.1, 0.15) is 5.75 Å². The van der Waals surface area contributed by atoms with Crippen LogP contribution >= 0.6 is 11.3 Å². The zero-order chi connectivity index (χ0) is 21.6. The predicted octanol–water partition coefficient (Wildman–Crippen LogP) is 3.16. The number of ether oxygens (including phenoxy) is 1. The van der Waals surface area contributed by atoms with E-state index in [4.69, 9.17) is 4.74 Å². The van der Waals surface area contributed by atoms with Crippen molar-refractivity contribution in [3.05, 3.63) is 70.7 Å². The number of aryl methyl sites for hydroxylation is 1. The lowest BCUT2D eigenvalue weighted by atomic mass is 10.1. The molecule has 9 heteroatoms. The fourth-order valence-electron chi connectivity index (χ4n) is 2.69. The van der Waals surface area contributed by atoms with Crippen molar-refractivity contribution < 1.29 is 17.9 Å². The topological polar surface area (TPSA) is 97.4 Å². The molecule has 3 rings (SSSR count). The molecule has 158 valence electrons. The Bertz CT molecular complexity index is 1090. The Morgan fingerprint density at radius 3 is 2.47 bits per heavy atom. The zero-order valence-corrected chi connectivity index (χ0v) is 18.3. The van der Waals surface area contributed by atoms with Crippen molar-refractivity contribution in [2.24, 2.45) is 0 Å². The number of amides is 1. The number of sulfonamides is 1. The highest BCUT2D eigenvalue weighted by Crippen LogP contribution is 2.20. The number of hydrogen-bond donors (Lipinski definition) is 2. The number of benzene rings is 2. The van der Waals surface area contributed by atoms with Crippen LogP contribution < -0.4 is 14.8 Å². The van der Waals surface area contributed by atoms with Crippen molar-refractivity contribution >= 4 is 32.4 Å². The van der Waals surface area contributed by atoms with Gasteiger partial charge >= 0.3 is 0 Å². The van der Waals surface area contributed by atoms with Gasteiger partial charge in [0.05, 0.1) is 24.1 Å². The van der Waals surface area contributed by atoms with Crippen molar-refractivity contribution in [2.45, 2.75) is 24.7 Å². The van der Waals surface area contributed by atoms with Crippen molar-refractivity contribution in [1.29, 1.82) is 0 Å². The number of carbonyl (C=O) groups is 1. The Morgan fingerprint density at radius 2 is 1.80 bits per heavy atom. The fourth-order valence-corrected chi connectivity index (χ4v) is 4.65. The summed E-state index contributed by atoms with van der Waals surface area (Å²) >= 11 is 1.15. The quantitative estimate of drug-likeness (QED) is 0.527. The van der Waals surface area contributed by atoms with Crippen LogP contribution in [-0.2, 0) is 27.7 Å². The smallest absolute Gasteiger partial charge is 0.263 e. The Balaban J connectivity index is 1.49. The highest BCUT2D eigenvalue weighted by molar-refractivity contribution is 7.93. The second kappa shape index (κ2) is 9.73. The molecule has 1 amide bonds. The third-order valence-corrected chi connectivity index (χ3v) is 6.63. The molecular weight excluding hydrogens is 422 g/mol. The second-order valence-electron chi connectivity index (χ2n) is 6.69. The van der Waals surface area contributed by atoms with Crippen molar-refractivity contribution in [2.75, 3.05) is 18.4 Å². The molecule has 0 unspecified atom stereocenters. The molecule has 0 bridgehead atoms. The number of carbonyl (C=O) groups excluding carboxylic acids is 1. The highest BCUT2D eigenvalue weighted by atomic mass is 32.2. The molecule has 3 aromatic rings. The summed E-state index contributed by atoms with van der Waals surface area (Å²) < 4.78 is 32.4. The summed E-state index contributed by atoms with van der Waals surface area (Å²) in [7, 11) is -2.09. The van der Waals surface area contributed by atoms with Gasteiger partial charge in [0.25, 0.3) is 10.0 Å². The number of rotatable bonds is 9. The van der Waals surface area contributed by atoms with Gasteiger partial charge in [0, 0.05) is 11.9 Å². The van der Waals surface area contributed by atoms with E-state index in [0.717, 1.165) is 28.2 Å². The van der Waals surface area contributed by atoms with Gasteiger partial charge in [-0.25, -0.2) is 13.4 Å². The second-order valence-corrected chi connectivity index (χ2v) is 9.23. The minimum absolute atomic E-state index is 0.0887. The number of hydrogen-bond acceptors (Lipinski definition) is 6. The molecule has 0 saturated heterocycles. The largest absolute Gasteiger partial charge is 0.497 e. The van der Waals surface area contributed by atoms with E-state index in [2.05, 4.69) is 15.0 Å². The molecule has 1 heterocycles. The van der Waals surface area contributed by atoms with Gasteiger partial charge in [0.2, 0.25) is 5.91 Å². The van der Waals surface area contributed by atoms with Crippen LogP contribution in [0.3, 0.4) is 0 Å². The molecule has 0 aliphatic rings. The number of anilines is 1. The van der Waals surface area contributed by atoms with Gasteiger partial charge < -0.3 is 10.1 Å². The maximum Gasteiger partial charge on any atom is 0.263 e. The third-order valence-electron chi connectivity index (χ3n) is 4.34. The van der Waals surface area contributed by atoms with E-state index in [1.54, 1.807) is 36.8 Å². The van der Waals surface area contributed by atoms with E-state index in [1.165, 1.54) is 0 Å². The summed E-state index contributed by atoms with van der Waals surface area (Å²) in [5.41, 5.74) is 2.59. The molecule has 0 radical (unpaired) electrons. The van der Waals surface area contributed by atoms with E-state index in [1.807, 2.05) is 31.2 Å². The molecule has 7 nitrogen and oxygen atoms in total. The van der Waals surface area contributed by atoms with E-state index in [0.29, 0.717) is 18.7 Å². The first-order valence-corrected chi connectivity index (χ1v) is 11.7. The number of aromatic nitrogens is 1. The summed E-state index contributed by atoms with van der Waals surface area (Å²) in [6.07, 6.45) is 0.791. The Labute approximate surface area is 180 Å². The van der Waals surface area contributed by atoms with E-state index in [-0.39, 0.29) is 22.4 Å². The molecule has 0 aliphatic heterocycles. The number of nitrogens with zero attached hydrogens (tertiary/aromatic N) is 1. The Hall–Kier alpha value is -2.91. The van der Waals surface area contributed by atoms with Crippen LogP contribution in [0.4, 0.5) is 5.13 Å². The van der Waals surface area contributed by atoms with Crippen LogP contribution in [0.2, 0.25) is 0 Å². The molecule has 1 aromatic heterocycles. The summed E-state index contributed by atoms with van der Waals surface area (Å²) in [5.74, 6) is 0.627. The molecule has 0 atom stereocenters. The van der Waals surface area contributed by atoms with E-state index >= 15 is 0 Å². The van der Waals surface area contributed by atoms with Crippen LogP contribution in [0.25, 0.3) is 0 Å². The van der Waals surface area contributed by atoms with Crippen molar-refractivity contribution in [3.8, 4) is 5.75 Å². The highest BCUT2D eigenvalue weighted by Gasteiger charge is 2.16. The maximum absolute atomic E-state index is 12.4. The van der Waals surface area contributed by atoms with Gasteiger partial charge in [-0.1, -0.05) is 29.8 Å². The minimum Gasteiger partial charge on any atom is -0.497 e. The first kappa shape index (κ1) is 21.8. The SMILES string of the molecule is COc1ccc(CCNC(=O)Cc2csc(NS(=O)(=O)c3ccc(C)cc3)n2)cc1. The number of nitrogens with one attached hydrogen (secondary N) is 2.